The molecule has 0 radical (unpaired) electrons. The number of carbonyl (C=O) groups is 1. The van der Waals surface area contributed by atoms with Crippen LogP contribution in [-0.4, -0.2) is 32.9 Å². The molecule has 0 heterocycles. The minimum atomic E-state index is -3.50. The van der Waals surface area contributed by atoms with Crippen LogP contribution < -0.4 is 14.8 Å². The fourth-order valence-corrected chi connectivity index (χ4v) is 2.72. The molecule has 2 aromatic rings. The molecule has 0 saturated carbocycles. The highest BCUT2D eigenvalue weighted by molar-refractivity contribution is 7.89. The van der Waals surface area contributed by atoms with Gasteiger partial charge in [-0.25, -0.2) is 13.1 Å². The standard InChI is InChI=1S/C16H17N3O6S/c1-17-26(23,24)15-7-5-12(6-8-15)10-18-16(20)11-25-14-4-2-3-13(9-14)19(21)22/h2-9,17H,10-11H2,1H3,(H,18,20). The Balaban J connectivity index is 1.85. The Labute approximate surface area is 150 Å². The van der Waals surface area contributed by atoms with Crippen LogP contribution in [0.25, 0.3) is 0 Å². The zero-order chi connectivity index (χ0) is 19.2. The van der Waals surface area contributed by atoms with Crippen molar-refractivity contribution in [2.45, 2.75) is 11.4 Å². The normalized spacial score (nSPS) is 11.0. The molecule has 0 aliphatic rings. The molecule has 0 aromatic heterocycles. The van der Waals surface area contributed by atoms with E-state index in [1.165, 1.54) is 43.4 Å². The van der Waals surface area contributed by atoms with Gasteiger partial charge in [-0.2, -0.15) is 0 Å². The molecule has 0 aliphatic carbocycles. The summed E-state index contributed by atoms with van der Waals surface area (Å²) in [6.45, 7) is -0.107. The fraction of sp³-hybridized carbons (Fsp3) is 0.188. The minimum Gasteiger partial charge on any atom is -0.484 e. The van der Waals surface area contributed by atoms with Gasteiger partial charge >= 0.3 is 0 Å². The van der Waals surface area contributed by atoms with Gasteiger partial charge in [0.2, 0.25) is 10.0 Å². The summed E-state index contributed by atoms with van der Waals surface area (Å²) in [5.74, 6) is -0.195. The second-order valence-corrected chi connectivity index (χ2v) is 7.06. The maximum atomic E-state index is 11.8. The van der Waals surface area contributed by atoms with Crippen molar-refractivity contribution >= 4 is 21.6 Å². The number of non-ortho nitro benzene ring substituents is 1. The zero-order valence-corrected chi connectivity index (χ0v) is 14.7. The molecule has 0 spiro atoms. The van der Waals surface area contributed by atoms with E-state index < -0.39 is 20.9 Å². The average molecular weight is 379 g/mol. The van der Waals surface area contributed by atoms with Gasteiger partial charge in [0.15, 0.2) is 6.61 Å². The van der Waals surface area contributed by atoms with Crippen LogP contribution in [0, 0.1) is 10.1 Å². The van der Waals surface area contributed by atoms with Gasteiger partial charge in [0, 0.05) is 12.6 Å². The first-order valence-corrected chi connectivity index (χ1v) is 8.96. The number of benzene rings is 2. The quantitative estimate of drug-likeness (QED) is 0.524. The lowest BCUT2D eigenvalue weighted by Crippen LogP contribution is -2.28. The number of amides is 1. The maximum Gasteiger partial charge on any atom is 0.273 e. The molecule has 0 fully saturated rings. The summed E-state index contributed by atoms with van der Waals surface area (Å²) in [7, 11) is -2.18. The number of hydrogen-bond donors (Lipinski definition) is 2. The summed E-state index contributed by atoms with van der Waals surface area (Å²) in [6.07, 6.45) is 0. The third-order valence-electron chi connectivity index (χ3n) is 3.39. The number of carbonyl (C=O) groups excluding carboxylic acids is 1. The Bertz CT molecular complexity index is 896. The number of hydrogen-bond acceptors (Lipinski definition) is 6. The smallest absolute Gasteiger partial charge is 0.273 e. The first kappa shape index (κ1) is 19.3. The van der Waals surface area contributed by atoms with Crippen molar-refractivity contribution in [3.63, 3.8) is 0 Å². The molecule has 2 aromatic carbocycles. The fourth-order valence-electron chi connectivity index (χ4n) is 1.99. The number of nitrogens with one attached hydrogen (secondary N) is 2. The molecular weight excluding hydrogens is 362 g/mol. The number of ether oxygens (including phenoxy) is 1. The lowest BCUT2D eigenvalue weighted by Gasteiger charge is -2.08. The van der Waals surface area contributed by atoms with E-state index in [-0.39, 0.29) is 29.5 Å². The summed E-state index contributed by atoms with van der Waals surface area (Å²) < 4.78 is 30.7. The molecule has 1 amide bonds. The largest absolute Gasteiger partial charge is 0.484 e. The van der Waals surface area contributed by atoms with Crippen LogP contribution in [0.3, 0.4) is 0 Å². The van der Waals surface area contributed by atoms with E-state index in [0.717, 1.165) is 0 Å². The highest BCUT2D eigenvalue weighted by atomic mass is 32.2. The van der Waals surface area contributed by atoms with E-state index in [9.17, 15) is 23.3 Å². The van der Waals surface area contributed by atoms with Crippen molar-refractivity contribution in [2.24, 2.45) is 0 Å². The van der Waals surface area contributed by atoms with E-state index >= 15 is 0 Å². The van der Waals surface area contributed by atoms with Crippen LogP contribution in [0.5, 0.6) is 5.75 Å². The molecule has 0 unspecified atom stereocenters. The second kappa shape index (κ2) is 8.41. The van der Waals surface area contributed by atoms with Gasteiger partial charge in [-0.1, -0.05) is 18.2 Å². The van der Waals surface area contributed by atoms with Gasteiger partial charge in [0.05, 0.1) is 15.9 Å². The first-order valence-electron chi connectivity index (χ1n) is 7.48. The predicted octanol–water partition coefficient (Wildman–Crippen LogP) is 1.20. The molecule has 138 valence electrons. The molecule has 2 rings (SSSR count). The van der Waals surface area contributed by atoms with Crippen LogP contribution in [-0.2, 0) is 21.4 Å². The summed E-state index contributed by atoms with van der Waals surface area (Å²) in [6, 6.07) is 11.6. The topological polar surface area (TPSA) is 128 Å². The van der Waals surface area contributed by atoms with Crippen molar-refractivity contribution in [2.75, 3.05) is 13.7 Å². The average Bonchev–Trinajstić information content (AvgIpc) is 2.65. The number of nitro benzene ring substituents is 1. The molecule has 0 bridgehead atoms. The van der Waals surface area contributed by atoms with Gasteiger partial charge in [-0.05, 0) is 30.8 Å². The maximum absolute atomic E-state index is 11.8. The Morgan fingerprint density at radius 2 is 1.88 bits per heavy atom. The SMILES string of the molecule is CNS(=O)(=O)c1ccc(CNC(=O)COc2cccc([N+](=O)[O-])c2)cc1. The third-order valence-corrected chi connectivity index (χ3v) is 4.82. The molecule has 0 aliphatic heterocycles. The van der Waals surface area contributed by atoms with E-state index in [2.05, 4.69) is 10.0 Å². The number of nitrogens with zero attached hydrogens (tertiary/aromatic N) is 1. The van der Waals surface area contributed by atoms with Gasteiger partial charge in [-0.3, -0.25) is 14.9 Å². The van der Waals surface area contributed by atoms with Crippen LogP contribution in [0.1, 0.15) is 5.56 Å². The van der Waals surface area contributed by atoms with Crippen molar-refractivity contribution in [1.82, 2.24) is 10.0 Å². The second-order valence-electron chi connectivity index (χ2n) is 5.17. The van der Waals surface area contributed by atoms with Gasteiger partial charge < -0.3 is 10.1 Å². The number of sulfonamides is 1. The molecule has 10 heteroatoms. The summed E-state index contributed by atoms with van der Waals surface area (Å²) in [5.41, 5.74) is 0.586. The van der Waals surface area contributed by atoms with Gasteiger partial charge in [0.1, 0.15) is 5.75 Å². The van der Waals surface area contributed by atoms with E-state index in [1.54, 1.807) is 12.1 Å². The van der Waals surface area contributed by atoms with Crippen LogP contribution in [0.4, 0.5) is 5.69 Å². The Morgan fingerprint density at radius 3 is 2.50 bits per heavy atom. The molecular formula is C16H17N3O6S. The molecule has 26 heavy (non-hydrogen) atoms. The van der Waals surface area contributed by atoms with E-state index in [4.69, 9.17) is 4.74 Å². The Morgan fingerprint density at radius 1 is 1.19 bits per heavy atom. The molecule has 0 saturated heterocycles. The highest BCUT2D eigenvalue weighted by Crippen LogP contribution is 2.18. The number of rotatable bonds is 8. The van der Waals surface area contributed by atoms with Crippen molar-refractivity contribution in [1.29, 1.82) is 0 Å². The van der Waals surface area contributed by atoms with Crippen LogP contribution in [0.2, 0.25) is 0 Å². The predicted molar refractivity (Wildman–Crippen MR) is 93.1 cm³/mol. The lowest BCUT2D eigenvalue weighted by atomic mass is 10.2. The summed E-state index contributed by atoms with van der Waals surface area (Å²) in [5, 5.41) is 13.3. The first-order chi connectivity index (χ1) is 12.3. The summed E-state index contributed by atoms with van der Waals surface area (Å²) >= 11 is 0. The Kier molecular flexibility index (Phi) is 6.26. The van der Waals surface area contributed by atoms with Crippen LogP contribution >= 0.6 is 0 Å². The van der Waals surface area contributed by atoms with E-state index in [0.29, 0.717) is 5.56 Å². The molecule has 0 atom stereocenters. The minimum absolute atomic E-state index is 0.125. The monoisotopic (exact) mass is 379 g/mol. The lowest BCUT2D eigenvalue weighted by molar-refractivity contribution is -0.384. The van der Waals surface area contributed by atoms with Gasteiger partial charge in [-0.15, -0.1) is 0 Å². The molecule has 2 N–H and O–H groups in total. The van der Waals surface area contributed by atoms with Gasteiger partial charge in [0.25, 0.3) is 11.6 Å². The summed E-state index contributed by atoms with van der Waals surface area (Å²) in [4.78, 5) is 22.1. The van der Waals surface area contributed by atoms with Crippen LogP contribution in [0.15, 0.2) is 53.4 Å². The zero-order valence-electron chi connectivity index (χ0n) is 13.8. The number of nitro groups is 1. The third kappa shape index (κ3) is 5.26. The highest BCUT2D eigenvalue weighted by Gasteiger charge is 2.11. The molecule has 9 nitrogen and oxygen atoms in total. The van der Waals surface area contributed by atoms with Crippen molar-refractivity contribution < 1.29 is 22.9 Å². The van der Waals surface area contributed by atoms with E-state index in [1.807, 2.05) is 0 Å². The van der Waals surface area contributed by atoms with Crippen molar-refractivity contribution in [3.8, 4) is 5.75 Å². The van der Waals surface area contributed by atoms with Crippen molar-refractivity contribution in [3.05, 3.63) is 64.2 Å². The Hall–Kier alpha value is -2.98.